The summed E-state index contributed by atoms with van der Waals surface area (Å²) < 4.78 is 0. The number of aliphatic hydroxyl groups is 2. The van der Waals surface area contributed by atoms with Crippen LogP contribution in [0.15, 0.2) is 0 Å². The van der Waals surface area contributed by atoms with Gasteiger partial charge >= 0.3 is 6.03 Å². The Morgan fingerprint density at radius 2 is 1.71 bits per heavy atom. The van der Waals surface area contributed by atoms with Gasteiger partial charge in [-0.15, -0.1) is 0 Å². The molecular weight excluding hydrogens is 232 g/mol. The quantitative estimate of drug-likeness (QED) is 0.213. The molecular formula is C8H16N4O5. The summed E-state index contributed by atoms with van der Waals surface area (Å²) in [5.41, 5.74) is 0. The van der Waals surface area contributed by atoms with Crippen LogP contribution in [0.25, 0.3) is 0 Å². The van der Waals surface area contributed by atoms with E-state index in [2.05, 4.69) is 10.6 Å². The molecule has 9 nitrogen and oxygen atoms in total. The third kappa shape index (κ3) is 8.13. The zero-order valence-corrected chi connectivity index (χ0v) is 9.53. The van der Waals surface area contributed by atoms with Crippen molar-refractivity contribution in [3.05, 3.63) is 0 Å². The average molecular weight is 248 g/mol. The fraction of sp³-hybridized carbons (Fsp3) is 0.625. The SMILES string of the molecule is CNCNC(=O)CC(=O)NC(O)(O)NC(C)=O. The molecule has 0 aromatic rings. The highest BCUT2D eigenvalue weighted by Crippen LogP contribution is 1.90. The largest absolute Gasteiger partial charge is 0.343 e. The van der Waals surface area contributed by atoms with E-state index in [1.165, 1.54) is 0 Å². The molecule has 3 amide bonds. The first-order chi connectivity index (χ1) is 7.76. The van der Waals surface area contributed by atoms with Gasteiger partial charge in [-0.2, -0.15) is 0 Å². The lowest BCUT2D eigenvalue weighted by Crippen LogP contribution is -2.60. The Balaban J connectivity index is 4.08. The smallest absolute Gasteiger partial charge is 0.337 e. The van der Waals surface area contributed by atoms with Gasteiger partial charge < -0.3 is 20.8 Å². The molecule has 9 heteroatoms. The van der Waals surface area contributed by atoms with Gasteiger partial charge in [-0.1, -0.05) is 0 Å². The van der Waals surface area contributed by atoms with Gasteiger partial charge in [0.1, 0.15) is 6.42 Å². The van der Waals surface area contributed by atoms with Crippen molar-refractivity contribution in [2.45, 2.75) is 19.4 Å². The second kappa shape index (κ2) is 6.78. The van der Waals surface area contributed by atoms with Crippen LogP contribution >= 0.6 is 0 Å². The minimum absolute atomic E-state index is 0.182. The first-order valence-corrected chi connectivity index (χ1v) is 4.72. The van der Waals surface area contributed by atoms with E-state index in [-0.39, 0.29) is 6.67 Å². The fourth-order valence-electron chi connectivity index (χ4n) is 0.911. The lowest BCUT2D eigenvalue weighted by molar-refractivity contribution is -0.209. The molecule has 0 heterocycles. The standard InChI is InChI=1S/C8H16N4O5/c1-5(13)11-8(16,17)12-7(15)3-6(14)10-4-9-2/h9,16-17H,3-4H2,1-2H3,(H,10,14)(H,11,13)(H,12,15). The first-order valence-electron chi connectivity index (χ1n) is 4.72. The highest BCUT2D eigenvalue weighted by atomic mass is 16.6. The number of hydrogen-bond donors (Lipinski definition) is 6. The van der Waals surface area contributed by atoms with Crippen LogP contribution in [0, 0.1) is 0 Å². The minimum atomic E-state index is -2.87. The molecule has 0 aromatic heterocycles. The minimum Gasteiger partial charge on any atom is -0.343 e. The van der Waals surface area contributed by atoms with Crippen molar-refractivity contribution >= 4 is 17.7 Å². The van der Waals surface area contributed by atoms with Crippen molar-refractivity contribution in [3.63, 3.8) is 0 Å². The van der Waals surface area contributed by atoms with Crippen molar-refractivity contribution in [2.24, 2.45) is 0 Å². The summed E-state index contributed by atoms with van der Waals surface area (Å²) >= 11 is 0. The average Bonchev–Trinajstić information content (AvgIpc) is 2.10. The van der Waals surface area contributed by atoms with Crippen molar-refractivity contribution in [1.82, 2.24) is 21.3 Å². The molecule has 0 aromatic carbocycles. The molecule has 0 spiro atoms. The van der Waals surface area contributed by atoms with Crippen LogP contribution in [0.4, 0.5) is 0 Å². The Labute approximate surface area is 97.6 Å². The zero-order valence-electron chi connectivity index (χ0n) is 9.53. The van der Waals surface area contributed by atoms with Crippen molar-refractivity contribution in [2.75, 3.05) is 13.7 Å². The summed E-state index contributed by atoms with van der Waals surface area (Å²) in [5, 5.41) is 26.5. The third-order valence-electron chi connectivity index (χ3n) is 1.45. The molecule has 0 rings (SSSR count). The molecule has 0 atom stereocenters. The molecule has 17 heavy (non-hydrogen) atoms. The molecule has 0 fully saturated rings. The molecule has 0 aliphatic rings. The maximum absolute atomic E-state index is 11.2. The van der Waals surface area contributed by atoms with E-state index in [0.717, 1.165) is 6.92 Å². The van der Waals surface area contributed by atoms with E-state index in [9.17, 15) is 14.4 Å². The van der Waals surface area contributed by atoms with E-state index in [1.807, 2.05) is 0 Å². The monoisotopic (exact) mass is 248 g/mol. The number of carbonyl (C=O) groups excluding carboxylic acids is 3. The summed E-state index contributed by atoms with van der Waals surface area (Å²) in [4.78, 5) is 32.7. The van der Waals surface area contributed by atoms with Crippen LogP contribution in [0.2, 0.25) is 0 Å². The van der Waals surface area contributed by atoms with E-state index < -0.39 is 30.2 Å². The van der Waals surface area contributed by atoms with E-state index >= 15 is 0 Å². The predicted octanol–water partition coefficient (Wildman–Crippen LogP) is -3.48. The molecule has 0 saturated carbocycles. The van der Waals surface area contributed by atoms with E-state index in [1.54, 1.807) is 17.7 Å². The number of carbonyl (C=O) groups is 3. The van der Waals surface area contributed by atoms with Gasteiger partial charge in [0.2, 0.25) is 17.7 Å². The molecule has 0 unspecified atom stereocenters. The molecule has 0 aliphatic heterocycles. The summed E-state index contributed by atoms with van der Waals surface area (Å²) in [6.07, 6.45) is -0.593. The van der Waals surface area contributed by atoms with Crippen molar-refractivity contribution in [1.29, 1.82) is 0 Å². The van der Waals surface area contributed by atoms with Gasteiger partial charge in [0, 0.05) is 6.92 Å². The van der Waals surface area contributed by atoms with Crippen LogP contribution in [-0.2, 0) is 14.4 Å². The Kier molecular flexibility index (Phi) is 6.10. The number of hydrogen-bond acceptors (Lipinski definition) is 6. The number of rotatable bonds is 6. The molecule has 98 valence electrons. The summed E-state index contributed by atoms with van der Waals surface area (Å²) in [6, 6.07) is -2.87. The van der Waals surface area contributed by atoms with Gasteiger partial charge in [-0.25, -0.2) is 0 Å². The fourth-order valence-corrected chi connectivity index (χ4v) is 0.911. The topological polar surface area (TPSA) is 140 Å². The second-order valence-electron chi connectivity index (χ2n) is 3.21. The van der Waals surface area contributed by atoms with Crippen molar-refractivity contribution < 1.29 is 24.6 Å². The zero-order chi connectivity index (χ0) is 13.5. The first kappa shape index (κ1) is 15.3. The number of nitrogens with one attached hydrogen (secondary N) is 4. The van der Waals surface area contributed by atoms with Gasteiger partial charge in [-0.3, -0.25) is 25.0 Å². The second-order valence-corrected chi connectivity index (χ2v) is 3.21. The van der Waals surface area contributed by atoms with Crippen LogP contribution in [0.3, 0.4) is 0 Å². The molecule has 0 aliphatic carbocycles. The maximum Gasteiger partial charge on any atom is 0.337 e. The summed E-state index contributed by atoms with van der Waals surface area (Å²) in [6.45, 7) is 1.22. The van der Waals surface area contributed by atoms with Crippen LogP contribution in [0.1, 0.15) is 13.3 Å². The number of amides is 3. The molecule has 0 saturated heterocycles. The van der Waals surface area contributed by atoms with Gasteiger partial charge in [0.05, 0.1) is 6.67 Å². The van der Waals surface area contributed by atoms with E-state index in [4.69, 9.17) is 10.2 Å². The van der Waals surface area contributed by atoms with Gasteiger partial charge in [-0.05, 0) is 7.05 Å². The lowest BCUT2D eigenvalue weighted by atomic mass is 10.4. The van der Waals surface area contributed by atoms with E-state index in [0.29, 0.717) is 0 Å². The predicted molar refractivity (Wildman–Crippen MR) is 55.8 cm³/mol. The van der Waals surface area contributed by atoms with Gasteiger partial charge in [0.15, 0.2) is 0 Å². The highest BCUT2D eigenvalue weighted by molar-refractivity contribution is 5.97. The van der Waals surface area contributed by atoms with Crippen LogP contribution in [0.5, 0.6) is 0 Å². The normalized spacial score (nSPS) is 10.6. The Morgan fingerprint density at radius 3 is 2.18 bits per heavy atom. The molecule has 6 N–H and O–H groups in total. The Hall–Kier alpha value is -1.71. The maximum atomic E-state index is 11.2. The van der Waals surface area contributed by atoms with Crippen LogP contribution < -0.4 is 21.3 Å². The Morgan fingerprint density at radius 1 is 1.12 bits per heavy atom. The molecule has 0 radical (unpaired) electrons. The van der Waals surface area contributed by atoms with Crippen LogP contribution in [-0.4, -0.2) is 47.7 Å². The molecule has 0 bridgehead atoms. The van der Waals surface area contributed by atoms with Crippen molar-refractivity contribution in [3.8, 4) is 0 Å². The third-order valence-corrected chi connectivity index (χ3v) is 1.45. The lowest BCUT2D eigenvalue weighted by Gasteiger charge is -2.22. The summed E-state index contributed by atoms with van der Waals surface area (Å²) in [5.74, 6) is -2.30. The summed E-state index contributed by atoms with van der Waals surface area (Å²) in [7, 11) is 1.60. The highest BCUT2D eigenvalue weighted by Gasteiger charge is 2.27. The van der Waals surface area contributed by atoms with Gasteiger partial charge in [0.25, 0.3) is 0 Å². The Bertz CT molecular complexity index is 304.